The van der Waals surface area contributed by atoms with Gasteiger partial charge in [-0.25, -0.2) is 0 Å². The average molecular weight is 387 g/mol. The van der Waals surface area contributed by atoms with E-state index in [0.717, 1.165) is 16.9 Å². The highest BCUT2D eigenvalue weighted by Gasteiger charge is 2.51. The lowest BCUT2D eigenvalue weighted by atomic mass is 9.74. The number of carboxylic acid groups (broad SMARTS) is 1. The number of benzene rings is 2. The Morgan fingerprint density at radius 3 is 2.52 bits per heavy atom. The third-order valence-electron chi connectivity index (χ3n) is 5.38. The lowest BCUT2D eigenvalue weighted by molar-refractivity contribution is -0.137. The highest BCUT2D eigenvalue weighted by atomic mass is 16.4. The minimum Gasteiger partial charge on any atom is -0.481 e. The first-order chi connectivity index (χ1) is 14.1. The maximum atomic E-state index is 13.9. The van der Waals surface area contributed by atoms with Gasteiger partial charge < -0.3 is 5.11 Å². The number of anilines is 2. The van der Waals surface area contributed by atoms with Crippen molar-refractivity contribution in [2.45, 2.75) is 31.1 Å². The molecule has 0 saturated heterocycles. The van der Waals surface area contributed by atoms with Gasteiger partial charge in [-0.1, -0.05) is 36.4 Å². The number of hydrogen-bond acceptors (Lipinski definition) is 4. The standard InChI is InChI=1S/C23H21N3O3/c27-21(28)11-6-12-23(15-17-16-24-13-14-25-17)19-9-4-5-10-20(19)26(22(23)29)18-7-2-1-3-8-18/h1-5,7-10,13-14,16H,6,11-12,15H2,(H,27,28). The van der Waals surface area contributed by atoms with Crippen molar-refractivity contribution in [1.82, 2.24) is 9.97 Å². The second kappa shape index (κ2) is 7.83. The molecule has 29 heavy (non-hydrogen) atoms. The average Bonchev–Trinajstić information content (AvgIpc) is 2.97. The molecule has 0 saturated carbocycles. The van der Waals surface area contributed by atoms with Gasteiger partial charge in [0.2, 0.25) is 5.91 Å². The zero-order chi connectivity index (χ0) is 20.3. The van der Waals surface area contributed by atoms with Crippen LogP contribution in [0.25, 0.3) is 0 Å². The highest BCUT2D eigenvalue weighted by Crippen LogP contribution is 2.49. The Hall–Kier alpha value is -3.54. The molecule has 1 aliphatic rings. The molecule has 146 valence electrons. The van der Waals surface area contributed by atoms with Gasteiger partial charge in [-0.15, -0.1) is 0 Å². The smallest absolute Gasteiger partial charge is 0.303 e. The zero-order valence-corrected chi connectivity index (χ0v) is 15.9. The lowest BCUT2D eigenvalue weighted by Gasteiger charge is -2.28. The molecule has 1 aliphatic heterocycles. The number of carboxylic acids is 1. The van der Waals surface area contributed by atoms with E-state index in [-0.39, 0.29) is 12.3 Å². The topological polar surface area (TPSA) is 83.4 Å². The molecule has 2 aromatic carbocycles. The Labute approximate surface area is 168 Å². The van der Waals surface area contributed by atoms with Gasteiger partial charge in [-0.2, -0.15) is 0 Å². The van der Waals surface area contributed by atoms with Gasteiger partial charge in [-0.3, -0.25) is 24.5 Å². The van der Waals surface area contributed by atoms with Gasteiger partial charge in [-0.05, 0) is 36.6 Å². The maximum absolute atomic E-state index is 13.9. The number of carbonyl (C=O) groups excluding carboxylic acids is 1. The number of nitrogens with zero attached hydrogens (tertiary/aromatic N) is 3. The van der Waals surface area contributed by atoms with Crippen molar-refractivity contribution < 1.29 is 14.7 Å². The van der Waals surface area contributed by atoms with Crippen molar-refractivity contribution in [2.75, 3.05) is 4.90 Å². The van der Waals surface area contributed by atoms with Gasteiger partial charge >= 0.3 is 5.97 Å². The highest BCUT2D eigenvalue weighted by molar-refractivity contribution is 6.13. The van der Waals surface area contributed by atoms with Crippen molar-refractivity contribution >= 4 is 23.3 Å². The van der Waals surface area contributed by atoms with Crippen molar-refractivity contribution in [3.8, 4) is 0 Å². The molecule has 6 nitrogen and oxygen atoms in total. The maximum Gasteiger partial charge on any atom is 0.303 e. The summed E-state index contributed by atoms with van der Waals surface area (Å²) in [6.07, 6.45) is 6.10. The van der Waals surface area contributed by atoms with Crippen LogP contribution in [0.1, 0.15) is 30.5 Å². The first-order valence-electron chi connectivity index (χ1n) is 9.58. The molecule has 4 rings (SSSR count). The first kappa shape index (κ1) is 18.8. The summed E-state index contributed by atoms with van der Waals surface area (Å²) in [6.45, 7) is 0. The molecule has 0 bridgehead atoms. The Balaban J connectivity index is 1.82. The number of aromatic nitrogens is 2. The summed E-state index contributed by atoms with van der Waals surface area (Å²) < 4.78 is 0. The molecule has 1 atom stereocenters. The zero-order valence-electron chi connectivity index (χ0n) is 15.9. The van der Waals surface area contributed by atoms with Crippen molar-refractivity contribution in [1.29, 1.82) is 0 Å². The Morgan fingerprint density at radius 2 is 1.79 bits per heavy atom. The molecule has 0 aliphatic carbocycles. The van der Waals surface area contributed by atoms with Crippen LogP contribution in [-0.4, -0.2) is 27.0 Å². The number of hydrogen-bond donors (Lipinski definition) is 1. The number of rotatable bonds is 7. The van der Waals surface area contributed by atoms with Crippen LogP contribution in [0.5, 0.6) is 0 Å². The summed E-state index contributed by atoms with van der Waals surface area (Å²) in [5.41, 5.74) is 2.37. The molecule has 3 aromatic rings. The van der Waals surface area contributed by atoms with Crippen LogP contribution in [0.4, 0.5) is 11.4 Å². The van der Waals surface area contributed by atoms with Crippen LogP contribution < -0.4 is 4.90 Å². The fourth-order valence-corrected chi connectivity index (χ4v) is 4.12. The van der Waals surface area contributed by atoms with E-state index in [1.165, 1.54) is 0 Å². The molecule has 0 spiro atoms. The van der Waals surface area contributed by atoms with Crippen LogP contribution in [0.3, 0.4) is 0 Å². The summed E-state index contributed by atoms with van der Waals surface area (Å²) in [5.74, 6) is -0.917. The number of aliphatic carboxylic acids is 1. The van der Waals surface area contributed by atoms with E-state index in [4.69, 9.17) is 5.11 Å². The quantitative estimate of drug-likeness (QED) is 0.665. The van der Waals surface area contributed by atoms with E-state index >= 15 is 0 Å². The van der Waals surface area contributed by atoms with E-state index in [1.54, 1.807) is 23.5 Å². The minimum atomic E-state index is -0.877. The van der Waals surface area contributed by atoms with Gasteiger partial charge in [0.05, 0.1) is 16.8 Å². The number of fused-ring (bicyclic) bond motifs is 1. The fraction of sp³-hybridized carbons (Fsp3) is 0.217. The molecule has 1 N–H and O–H groups in total. The van der Waals surface area contributed by atoms with Gasteiger partial charge in [0.25, 0.3) is 0 Å². The minimum absolute atomic E-state index is 0.0169. The summed E-state index contributed by atoms with van der Waals surface area (Å²) >= 11 is 0. The molecule has 1 aromatic heterocycles. The third-order valence-corrected chi connectivity index (χ3v) is 5.38. The summed E-state index contributed by atoms with van der Waals surface area (Å²) in [6, 6.07) is 17.3. The van der Waals surface area contributed by atoms with Crippen LogP contribution in [0.2, 0.25) is 0 Å². The molecule has 0 radical (unpaired) electrons. The molecule has 0 fully saturated rings. The van der Waals surface area contributed by atoms with E-state index in [1.807, 2.05) is 54.6 Å². The number of amides is 1. The van der Waals surface area contributed by atoms with Gasteiger partial charge in [0.15, 0.2) is 0 Å². The first-order valence-corrected chi connectivity index (χ1v) is 9.58. The second-order valence-electron chi connectivity index (χ2n) is 7.20. The number of carbonyl (C=O) groups is 2. The van der Waals surface area contributed by atoms with Gasteiger partial charge in [0.1, 0.15) is 0 Å². The predicted molar refractivity (Wildman–Crippen MR) is 109 cm³/mol. The number of para-hydroxylation sites is 2. The van der Waals surface area contributed by atoms with E-state index in [2.05, 4.69) is 9.97 Å². The Kier molecular flexibility index (Phi) is 5.08. The van der Waals surface area contributed by atoms with Crippen LogP contribution in [-0.2, 0) is 21.4 Å². The van der Waals surface area contributed by atoms with E-state index < -0.39 is 11.4 Å². The van der Waals surface area contributed by atoms with Crippen molar-refractivity contribution in [3.63, 3.8) is 0 Å². The van der Waals surface area contributed by atoms with Crippen molar-refractivity contribution in [3.05, 3.63) is 84.4 Å². The third kappa shape index (κ3) is 3.49. The normalized spacial score (nSPS) is 17.9. The SMILES string of the molecule is O=C(O)CCCC1(Cc2cnccn2)C(=O)N(c2ccccc2)c2ccccc21. The van der Waals surface area contributed by atoms with Gasteiger partial charge in [0, 0.05) is 37.1 Å². The molecular weight excluding hydrogens is 366 g/mol. The lowest BCUT2D eigenvalue weighted by Crippen LogP contribution is -2.40. The summed E-state index contributed by atoms with van der Waals surface area (Å²) in [5, 5.41) is 9.13. The molecule has 1 amide bonds. The van der Waals surface area contributed by atoms with E-state index in [0.29, 0.717) is 25.0 Å². The van der Waals surface area contributed by atoms with E-state index in [9.17, 15) is 9.59 Å². The fourth-order valence-electron chi connectivity index (χ4n) is 4.12. The van der Waals surface area contributed by atoms with Crippen LogP contribution in [0.15, 0.2) is 73.2 Å². The Morgan fingerprint density at radius 1 is 1.03 bits per heavy atom. The van der Waals surface area contributed by atoms with Crippen LogP contribution >= 0.6 is 0 Å². The monoisotopic (exact) mass is 387 g/mol. The largest absolute Gasteiger partial charge is 0.481 e. The summed E-state index contributed by atoms with van der Waals surface area (Å²) in [4.78, 5) is 35.3. The van der Waals surface area contributed by atoms with Crippen LogP contribution in [0, 0.1) is 0 Å². The molecular formula is C23H21N3O3. The second-order valence-corrected chi connectivity index (χ2v) is 7.20. The molecule has 6 heteroatoms. The molecule has 2 heterocycles. The predicted octanol–water partition coefficient (Wildman–Crippen LogP) is 3.89. The molecule has 1 unspecified atom stereocenters. The Bertz CT molecular complexity index is 1020. The van der Waals surface area contributed by atoms with Crippen molar-refractivity contribution in [2.24, 2.45) is 0 Å². The summed E-state index contributed by atoms with van der Waals surface area (Å²) in [7, 11) is 0.